The van der Waals surface area contributed by atoms with Gasteiger partial charge in [0, 0.05) is 6.20 Å². The number of Topliss-reactive ketones (excluding diaryl/α,β-unsaturated/α-hetero) is 1. The van der Waals surface area contributed by atoms with Gasteiger partial charge < -0.3 is 19.7 Å². The summed E-state index contributed by atoms with van der Waals surface area (Å²) in [6, 6.07) is 14.3. The summed E-state index contributed by atoms with van der Waals surface area (Å²) in [5, 5.41) is 22.4. The molecule has 0 bridgehead atoms. The fourth-order valence-corrected chi connectivity index (χ4v) is 6.12. The molecule has 2 aromatic carbocycles. The third kappa shape index (κ3) is 4.34. The number of nitrogens with zero attached hydrogens (tertiary/aromatic N) is 4. The molecule has 3 aromatic heterocycles. The number of thiazole rings is 1. The molecule has 1 aliphatic heterocycles. The fourth-order valence-electron chi connectivity index (χ4n) is 5.10. The van der Waals surface area contributed by atoms with Gasteiger partial charge in [-0.1, -0.05) is 23.5 Å². The van der Waals surface area contributed by atoms with Crippen LogP contribution in [0.5, 0.6) is 17.2 Å². The van der Waals surface area contributed by atoms with Crippen LogP contribution >= 0.6 is 11.3 Å². The summed E-state index contributed by atoms with van der Waals surface area (Å²) in [4.78, 5) is 37.9. The summed E-state index contributed by atoms with van der Waals surface area (Å²) in [6.07, 6.45) is 1.73. The van der Waals surface area contributed by atoms with E-state index in [9.17, 15) is 19.8 Å². The van der Waals surface area contributed by atoms with Crippen molar-refractivity contribution in [3.8, 4) is 17.2 Å². The van der Waals surface area contributed by atoms with Crippen LogP contribution in [-0.4, -0.2) is 49.5 Å². The van der Waals surface area contributed by atoms with E-state index in [1.165, 1.54) is 22.3 Å². The van der Waals surface area contributed by atoms with E-state index in [1.807, 2.05) is 19.1 Å². The number of rotatable bonds is 7. The molecule has 1 fully saturated rings. The lowest BCUT2D eigenvalue weighted by molar-refractivity contribution is -0.132. The largest absolute Gasteiger partial charge is 0.505 e. The SMILES string of the molecule is CCOc1ccc2nc(N3C(=O)C(=O)/C(=C(/O)c4c(C)nc5ccccn45)C3c3ccc(O)c(OCC)c3)sc2c1. The Hall–Kier alpha value is -4.90. The van der Waals surface area contributed by atoms with Gasteiger partial charge >= 0.3 is 5.91 Å². The molecule has 1 aliphatic rings. The van der Waals surface area contributed by atoms with Crippen LogP contribution in [0.25, 0.3) is 21.6 Å². The Balaban J connectivity index is 1.59. The van der Waals surface area contributed by atoms with Gasteiger partial charge in [0.15, 0.2) is 22.4 Å². The predicted octanol–water partition coefficient (Wildman–Crippen LogP) is 5.38. The van der Waals surface area contributed by atoms with Gasteiger partial charge in [-0.15, -0.1) is 0 Å². The number of aryl methyl sites for hydroxylation is 1. The molecule has 41 heavy (non-hydrogen) atoms. The Morgan fingerprint density at radius 3 is 2.61 bits per heavy atom. The van der Waals surface area contributed by atoms with Crippen LogP contribution in [0.4, 0.5) is 5.13 Å². The number of aliphatic hydroxyl groups excluding tert-OH is 1. The second-order valence-corrected chi connectivity index (χ2v) is 10.4. The van der Waals surface area contributed by atoms with Crippen LogP contribution < -0.4 is 14.4 Å². The van der Waals surface area contributed by atoms with E-state index in [0.29, 0.717) is 40.5 Å². The Bertz CT molecular complexity index is 1870. The molecular weight excluding hydrogens is 544 g/mol. The number of pyridine rings is 1. The first-order valence-electron chi connectivity index (χ1n) is 13.1. The minimum atomic E-state index is -1.06. The monoisotopic (exact) mass is 570 g/mol. The Labute approximate surface area is 238 Å². The van der Waals surface area contributed by atoms with Crippen molar-refractivity contribution < 1.29 is 29.3 Å². The third-order valence-corrected chi connectivity index (χ3v) is 7.86. The zero-order valence-corrected chi connectivity index (χ0v) is 23.3. The number of hydrogen-bond donors (Lipinski definition) is 2. The fraction of sp³-hybridized carbons (Fsp3) is 0.200. The number of ketones is 1. The van der Waals surface area contributed by atoms with E-state index >= 15 is 0 Å². The van der Waals surface area contributed by atoms with Crippen molar-refractivity contribution in [3.63, 3.8) is 0 Å². The van der Waals surface area contributed by atoms with Gasteiger partial charge in [0.1, 0.15) is 17.1 Å². The van der Waals surface area contributed by atoms with Crippen molar-refractivity contribution >= 4 is 49.8 Å². The maximum absolute atomic E-state index is 13.7. The third-order valence-electron chi connectivity index (χ3n) is 6.84. The van der Waals surface area contributed by atoms with Gasteiger partial charge in [0.2, 0.25) is 0 Å². The highest BCUT2D eigenvalue weighted by molar-refractivity contribution is 7.22. The molecule has 10 nitrogen and oxygen atoms in total. The number of carbonyl (C=O) groups is 2. The molecule has 0 radical (unpaired) electrons. The van der Waals surface area contributed by atoms with Crippen molar-refractivity contribution in [2.75, 3.05) is 18.1 Å². The molecule has 0 saturated carbocycles. The number of hydrogen-bond acceptors (Lipinski definition) is 9. The molecule has 2 N–H and O–H groups in total. The number of aliphatic hydroxyl groups is 1. The topological polar surface area (TPSA) is 126 Å². The number of benzene rings is 2. The molecule has 6 rings (SSSR count). The quantitative estimate of drug-likeness (QED) is 0.152. The second-order valence-electron chi connectivity index (χ2n) is 9.36. The average molecular weight is 571 g/mol. The molecular formula is C30H26N4O6S. The van der Waals surface area contributed by atoms with Gasteiger partial charge in [-0.05, 0) is 68.8 Å². The van der Waals surface area contributed by atoms with Crippen LogP contribution in [0.3, 0.4) is 0 Å². The first-order chi connectivity index (χ1) is 19.8. The molecule has 208 valence electrons. The molecule has 0 spiro atoms. The highest BCUT2D eigenvalue weighted by Crippen LogP contribution is 2.46. The zero-order valence-electron chi connectivity index (χ0n) is 22.5. The van der Waals surface area contributed by atoms with E-state index in [-0.39, 0.29) is 34.6 Å². The highest BCUT2D eigenvalue weighted by atomic mass is 32.1. The summed E-state index contributed by atoms with van der Waals surface area (Å²) in [6.45, 7) is 6.19. The van der Waals surface area contributed by atoms with E-state index in [1.54, 1.807) is 60.8 Å². The maximum atomic E-state index is 13.7. The predicted molar refractivity (Wildman–Crippen MR) is 155 cm³/mol. The summed E-state index contributed by atoms with van der Waals surface area (Å²) < 4.78 is 13.7. The second kappa shape index (κ2) is 10.3. The molecule has 1 unspecified atom stereocenters. The van der Waals surface area contributed by atoms with Gasteiger partial charge in [-0.25, -0.2) is 9.97 Å². The zero-order chi connectivity index (χ0) is 28.8. The van der Waals surface area contributed by atoms with Gasteiger partial charge in [-0.2, -0.15) is 0 Å². The van der Waals surface area contributed by atoms with Crippen molar-refractivity contribution in [3.05, 3.63) is 83.3 Å². The normalized spacial score (nSPS) is 16.7. The van der Waals surface area contributed by atoms with Crippen LogP contribution in [-0.2, 0) is 9.59 Å². The van der Waals surface area contributed by atoms with Crippen LogP contribution in [0.2, 0.25) is 0 Å². The average Bonchev–Trinajstić information content (AvgIpc) is 3.60. The number of phenolic OH excluding ortho intramolecular Hbond substituents is 1. The van der Waals surface area contributed by atoms with Crippen LogP contribution in [0, 0.1) is 6.92 Å². The van der Waals surface area contributed by atoms with E-state index in [2.05, 4.69) is 9.97 Å². The van der Waals surface area contributed by atoms with E-state index in [0.717, 1.165) is 4.70 Å². The Morgan fingerprint density at radius 1 is 1.02 bits per heavy atom. The van der Waals surface area contributed by atoms with Crippen LogP contribution in [0.1, 0.15) is 36.8 Å². The molecule has 1 atom stereocenters. The minimum Gasteiger partial charge on any atom is -0.505 e. The smallest absolute Gasteiger partial charge is 0.301 e. The summed E-state index contributed by atoms with van der Waals surface area (Å²) in [5.41, 5.74) is 2.34. The number of ether oxygens (including phenoxy) is 2. The number of aromatic nitrogens is 3. The number of carbonyl (C=O) groups excluding carboxylic acids is 2. The Kier molecular flexibility index (Phi) is 6.58. The molecule has 0 aliphatic carbocycles. The summed E-state index contributed by atoms with van der Waals surface area (Å²) in [5.74, 6) is -1.30. The molecule has 4 heterocycles. The molecule has 5 aromatic rings. The number of phenols is 1. The van der Waals surface area contributed by atoms with Crippen molar-refractivity contribution in [1.29, 1.82) is 0 Å². The molecule has 11 heteroatoms. The number of anilines is 1. The van der Waals surface area contributed by atoms with Crippen molar-refractivity contribution in [2.24, 2.45) is 0 Å². The van der Waals surface area contributed by atoms with E-state index < -0.39 is 17.7 Å². The van der Waals surface area contributed by atoms with E-state index in [4.69, 9.17) is 9.47 Å². The number of fused-ring (bicyclic) bond motifs is 2. The first kappa shape index (κ1) is 26.3. The highest BCUT2D eigenvalue weighted by Gasteiger charge is 2.49. The van der Waals surface area contributed by atoms with Gasteiger partial charge in [0.05, 0.1) is 40.7 Å². The number of imidazole rings is 1. The molecule has 1 saturated heterocycles. The Morgan fingerprint density at radius 2 is 1.83 bits per heavy atom. The lowest BCUT2D eigenvalue weighted by Crippen LogP contribution is -2.29. The standard InChI is InChI=1S/C30H26N4O6S/c1-4-39-18-10-11-19-22(15-18)41-30(32-19)34-26(17-9-12-20(35)21(14-17)40-5-2)24(28(37)29(34)38)27(36)25-16(3)31-23-8-6-7-13-33(23)25/h6-15,26,35-36H,4-5H2,1-3H3/b27-24+. The summed E-state index contributed by atoms with van der Waals surface area (Å²) in [7, 11) is 0. The summed E-state index contributed by atoms with van der Waals surface area (Å²) >= 11 is 1.23. The van der Waals surface area contributed by atoms with Crippen molar-refractivity contribution in [1.82, 2.24) is 14.4 Å². The lowest BCUT2D eigenvalue weighted by Gasteiger charge is -2.23. The van der Waals surface area contributed by atoms with Crippen LogP contribution in [0.15, 0.2) is 66.4 Å². The van der Waals surface area contributed by atoms with Gasteiger partial charge in [0.25, 0.3) is 5.78 Å². The first-order valence-corrected chi connectivity index (χ1v) is 13.9. The lowest BCUT2D eigenvalue weighted by atomic mass is 9.96. The molecule has 1 amide bonds. The maximum Gasteiger partial charge on any atom is 0.301 e. The van der Waals surface area contributed by atoms with Crippen molar-refractivity contribution in [2.45, 2.75) is 26.8 Å². The number of amides is 1. The minimum absolute atomic E-state index is 0.0892. The number of aromatic hydroxyl groups is 1. The van der Waals surface area contributed by atoms with Gasteiger partial charge in [-0.3, -0.25) is 18.9 Å².